The van der Waals surface area contributed by atoms with Gasteiger partial charge in [-0.05, 0) is 52.4 Å². The summed E-state index contributed by atoms with van der Waals surface area (Å²) in [7, 11) is 1.56. The molecule has 3 atom stereocenters. The first-order valence-electron chi connectivity index (χ1n) is 10.6. The molecule has 0 aromatic rings. The van der Waals surface area contributed by atoms with E-state index < -0.39 is 35.2 Å². The van der Waals surface area contributed by atoms with Crippen LogP contribution in [0.4, 0.5) is 4.79 Å². The van der Waals surface area contributed by atoms with Crippen molar-refractivity contribution in [3.05, 3.63) is 0 Å². The number of guanidine groups is 1. The van der Waals surface area contributed by atoms with Gasteiger partial charge in [-0.1, -0.05) is 13.8 Å². The van der Waals surface area contributed by atoms with Crippen LogP contribution in [-0.4, -0.2) is 64.8 Å². The third kappa shape index (κ3) is 5.71. The van der Waals surface area contributed by atoms with Crippen LogP contribution < -0.4 is 5.32 Å². The molecule has 0 aromatic carbocycles. The smallest absolute Gasteiger partial charge is 0.437 e. The Balaban J connectivity index is 2.41. The van der Waals surface area contributed by atoms with Crippen LogP contribution in [0.5, 0.6) is 0 Å². The lowest BCUT2D eigenvalue weighted by molar-refractivity contribution is -0.140. The van der Waals surface area contributed by atoms with Crippen molar-refractivity contribution in [1.82, 2.24) is 10.2 Å². The maximum atomic E-state index is 13.3. The zero-order valence-electron chi connectivity index (χ0n) is 18.9. The number of rotatable bonds is 8. The van der Waals surface area contributed by atoms with E-state index in [1.165, 1.54) is 4.90 Å². The van der Waals surface area contributed by atoms with Gasteiger partial charge < -0.3 is 19.9 Å². The van der Waals surface area contributed by atoms with E-state index in [0.717, 1.165) is 0 Å². The summed E-state index contributed by atoms with van der Waals surface area (Å²) in [4.78, 5) is 42.8. The molecule has 2 amide bonds. The van der Waals surface area contributed by atoms with E-state index in [4.69, 9.17) is 9.47 Å². The lowest BCUT2D eigenvalue weighted by atomic mass is 9.86. The molecule has 0 spiro atoms. The Hall–Kier alpha value is -2.16. The maximum absolute atomic E-state index is 13.3. The fraction of sp³-hybridized carbons (Fsp3) is 0.810. The monoisotopic (exact) mass is 425 g/mol. The third-order valence-electron chi connectivity index (χ3n) is 5.91. The molecule has 1 saturated carbocycles. The van der Waals surface area contributed by atoms with Crippen LogP contribution in [0.15, 0.2) is 4.99 Å². The predicted molar refractivity (Wildman–Crippen MR) is 111 cm³/mol. The number of aliphatic imine (C=N–C) groups is 1. The number of hydrogen-bond acceptors (Lipinski definition) is 5. The SMILES string of the molecule is CCC1(CC)CC(=O)N([C@@H](CCOC)C2CC2C(=O)O)C(=NC(=O)OC(C)(C)C)N1. The number of ether oxygens (including phenoxy) is 2. The number of carboxylic acid groups (broad SMARTS) is 1. The van der Waals surface area contributed by atoms with Crippen LogP contribution in [-0.2, 0) is 19.1 Å². The molecule has 1 saturated heterocycles. The summed E-state index contributed by atoms with van der Waals surface area (Å²) in [6, 6.07) is -0.418. The van der Waals surface area contributed by atoms with Crippen molar-refractivity contribution >= 4 is 23.9 Å². The Morgan fingerprint density at radius 2 is 1.97 bits per heavy atom. The number of methoxy groups -OCH3 is 1. The second kappa shape index (κ2) is 9.32. The Morgan fingerprint density at radius 3 is 2.43 bits per heavy atom. The van der Waals surface area contributed by atoms with E-state index in [-0.39, 0.29) is 24.2 Å². The zero-order valence-corrected chi connectivity index (χ0v) is 18.9. The number of carbonyl (C=O) groups is 3. The minimum absolute atomic E-state index is 0.140. The number of nitrogens with one attached hydrogen (secondary N) is 1. The standard InChI is InChI=1S/C21H35N3O6/c1-7-21(8-2)12-16(25)24(18(23-21)22-19(28)30-20(3,4)5)15(9-10-29-6)13-11-14(13)17(26)27/h13-15H,7-12H2,1-6H3,(H,26,27)(H,22,23,28)/t13?,14?,15-/m0/s1. The summed E-state index contributed by atoms with van der Waals surface area (Å²) in [5, 5.41) is 12.7. The molecule has 1 heterocycles. The van der Waals surface area contributed by atoms with Gasteiger partial charge in [0.15, 0.2) is 0 Å². The van der Waals surface area contributed by atoms with E-state index >= 15 is 0 Å². The van der Waals surface area contributed by atoms with Crippen LogP contribution in [0.25, 0.3) is 0 Å². The van der Waals surface area contributed by atoms with Gasteiger partial charge in [0.05, 0.1) is 12.3 Å². The van der Waals surface area contributed by atoms with Crippen LogP contribution in [0.3, 0.4) is 0 Å². The lowest BCUT2D eigenvalue weighted by Gasteiger charge is -2.45. The maximum Gasteiger partial charge on any atom is 0.437 e. The zero-order chi connectivity index (χ0) is 22.7. The van der Waals surface area contributed by atoms with Gasteiger partial charge in [0.25, 0.3) is 0 Å². The molecular formula is C21H35N3O6. The highest BCUT2D eigenvalue weighted by atomic mass is 16.6. The van der Waals surface area contributed by atoms with Gasteiger partial charge in [0.2, 0.25) is 11.9 Å². The van der Waals surface area contributed by atoms with Crippen LogP contribution in [0, 0.1) is 11.8 Å². The molecule has 30 heavy (non-hydrogen) atoms. The van der Waals surface area contributed by atoms with Crippen LogP contribution >= 0.6 is 0 Å². The lowest BCUT2D eigenvalue weighted by Crippen LogP contribution is -2.65. The van der Waals surface area contributed by atoms with Gasteiger partial charge in [-0.25, -0.2) is 4.79 Å². The molecule has 2 N–H and O–H groups in total. The molecule has 2 unspecified atom stereocenters. The normalized spacial score (nSPS) is 25.6. The minimum atomic E-state index is -0.873. The summed E-state index contributed by atoms with van der Waals surface area (Å²) < 4.78 is 10.5. The Bertz CT molecular complexity index is 695. The number of carboxylic acids is 1. The first kappa shape index (κ1) is 24.1. The van der Waals surface area contributed by atoms with Gasteiger partial charge >= 0.3 is 12.1 Å². The topological polar surface area (TPSA) is 118 Å². The van der Waals surface area contributed by atoms with Crippen molar-refractivity contribution in [1.29, 1.82) is 0 Å². The molecule has 2 aliphatic rings. The second-order valence-corrected chi connectivity index (χ2v) is 9.16. The predicted octanol–water partition coefficient (Wildman–Crippen LogP) is 2.78. The van der Waals surface area contributed by atoms with Crippen molar-refractivity contribution in [2.45, 2.75) is 83.9 Å². The molecule has 1 aliphatic heterocycles. The average Bonchev–Trinajstić information content (AvgIpc) is 3.42. The van der Waals surface area contributed by atoms with E-state index in [1.807, 2.05) is 13.8 Å². The van der Waals surface area contributed by atoms with Gasteiger partial charge in [-0.3, -0.25) is 14.5 Å². The molecule has 9 nitrogen and oxygen atoms in total. The molecule has 170 valence electrons. The molecule has 2 rings (SSSR count). The average molecular weight is 426 g/mol. The molecule has 9 heteroatoms. The third-order valence-corrected chi connectivity index (χ3v) is 5.91. The van der Waals surface area contributed by atoms with E-state index in [9.17, 15) is 19.5 Å². The summed E-state index contributed by atoms with van der Waals surface area (Å²) in [6.07, 6.45) is 1.76. The van der Waals surface area contributed by atoms with Crippen molar-refractivity contribution in [2.75, 3.05) is 13.7 Å². The molecule has 0 aromatic heterocycles. The first-order chi connectivity index (χ1) is 14.0. The quantitative estimate of drug-likeness (QED) is 0.614. The van der Waals surface area contributed by atoms with Crippen molar-refractivity contribution in [3.63, 3.8) is 0 Å². The molecule has 2 fully saturated rings. The molecular weight excluding hydrogens is 390 g/mol. The fourth-order valence-corrected chi connectivity index (χ4v) is 4.00. The largest absolute Gasteiger partial charge is 0.481 e. The van der Waals surface area contributed by atoms with E-state index in [1.54, 1.807) is 27.9 Å². The first-order valence-corrected chi connectivity index (χ1v) is 10.6. The molecule has 0 bridgehead atoms. The van der Waals surface area contributed by atoms with Gasteiger partial charge in [-0.15, -0.1) is 4.99 Å². The van der Waals surface area contributed by atoms with E-state index in [0.29, 0.717) is 32.3 Å². The molecule has 1 aliphatic carbocycles. The number of hydrogen-bond donors (Lipinski definition) is 2. The highest BCUT2D eigenvalue weighted by Crippen LogP contribution is 2.45. The highest BCUT2D eigenvalue weighted by Gasteiger charge is 2.53. The number of amides is 2. The number of aliphatic carboxylic acids is 1. The van der Waals surface area contributed by atoms with Crippen molar-refractivity contribution < 1.29 is 29.0 Å². The Labute approximate surface area is 178 Å². The van der Waals surface area contributed by atoms with Gasteiger partial charge in [0, 0.05) is 25.3 Å². The van der Waals surface area contributed by atoms with Gasteiger partial charge in [-0.2, -0.15) is 0 Å². The van der Waals surface area contributed by atoms with Crippen LogP contribution in [0.2, 0.25) is 0 Å². The fourth-order valence-electron chi connectivity index (χ4n) is 4.00. The summed E-state index contributed by atoms with van der Waals surface area (Å²) in [5.74, 6) is -1.62. The van der Waals surface area contributed by atoms with Crippen molar-refractivity contribution in [2.24, 2.45) is 16.8 Å². The second-order valence-electron chi connectivity index (χ2n) is 9.16. The summed E-state index contributed by atoms with van der Waals surface area (Å²) >= 11 is 0. The minimum Gasteiger partial charge on any atom is -0.481 e. The molecule has 0 radical (unpaired) electrons. The van der Waals surface area contributed by atoms with Crippen LogP contribution in [0.1, 0.15) is 66.7 Å². The van der Waals surface area contributed by atoms with Gasteiger partial charge in [0.1, 0.15) is 5.60 Å². The summed E-state index contributed by atoms with van der Waals surface area (Å²) in [5.41, 5.74) is -1.23. The Morgan fingerprint density at radius 1 is 1.33 bits per heavy atom. The number of nitrogens with zero attached hydrogens (tertiary/aromatic N) is 2. The summed E-state index contributed by atoms with van der Waals surface area (Å²) in [6.45, 7) is 9.56. The Kier molecular flexibility index (Phi) is 7.49. The van der Waals surface area contributed by atoms with E-state index in [2.05, 4.69) is 10.3 Å². The van der Waals surface area contributed by atoms with Crippen molar-refractivity contribution in [3.8, 4) is 0 Å². The highest BCUT2D eigenvalue weighted by molar-refractivity contribution is 6.04. The number of carbonyl (C=O) groups excluding carboxylic acids is 2.